The minimum absolute atomic E-state index is 0.523. The Morgan fingerprint density at radius 3 is 2.65 bits per heavy atom. The number of pyridine rings is 2. The van der Waals surface area contributed by atoms with Crippen LogP contribution in [0.5, 0.6) is 5.75 Å². The predicted molar refractivity (Wildman–Crippen MR) is 87.9 cm³/mol. The highest BCUT2D eigenvalue weighted by Gasteiger charge is 2.10. The summed E-state index contributed by atoms with van der Waals surface area (Å²) in [6.45, 7) is 0.523. The first-order chi connectivity index (χ1) is 11.4. The lowest BCUT2D eigenvalue weighted by Gasteiger charge is -2.06. The first kappa shape index (κ1) is 13.5. The molecule has 1 N–H and O–H groups in total. The normalized spacial score (nSPS) is 10.8. The fraction of sp³-hybridized carbons (Fsp3) is 0.0556. The molecule has 0 saturated heterocycles. The molecule has 0 aliphatic carbocycles. The van der Waals surface area contributed by atoms with Gasteiger partial charge < -0.3 is 4.74 Å². The summed E-state index contributed by atoms with van der Waals surface area (Å²) in [6.07, 6.45) is 3.46. The summed E-state index contributed by atoms with van der Waals surface area (Å²) in [7, 11) is 0. The molecule has 0 atom stereocenters. The molecule has 0 saturated carbocycles. The maximum absolute atomic E-state index is 5.75. The first-order valence-electron chi connectivity index (χ1n) is 7.32. The van der Waals surface area contributed by atoms with Crippen molar-refractivity contribution >= 4 is 11.0 Å². The molecule has 23 heavy (non-hydrogen) atoms. The van der Waals surface area contributed by atoms with Crippen LogP contribution in [-0.2, 0) is 6.61 Å². The number of hydrogen-bond acceptors (Lipinski definition) is 4. The van der Waals surface area contributed by atoms with E-state index in [9.17, 15) is 0 Å². The molecule has 112 valence electrons. The smallest absolute Gasteiger partial charge is 0.138 e. The average Bonchev–Trinajstić information content (AvgIpc) is 3.05. The van der Waals surface area contributed by atoms with E-state index < -0.39 is 0 Å². The van der Waals surface area contributed by atoms with Crippen LogP contribution in [0.2, 0.25) is 0 Å². The Morgan fingerprint density at radius 2 is 1.83 bits per heavy atom. The molecule has 4 rings (SSSR count). The van der Waals surface area contributed by atoms with E-state index in [0.717, 1.165) is 33.7 Å². The van der Waals surface area contributed by atoms with Crippen LogP contribution in [0.3, 0.4) is 0 Å². The summed E-state index contributed by atoms with van der Waals surface area (Å²) in [5.41, 5.74) is 4.35. The Morgan fingerprint density at radius 1 is 0.913 bits per heavy atom. The number of fused-ring (bicyclic) bond motifs is 1. The number of aromatic amines is 1. The molecule has 0 fully saturated rings. The second-order valence-electron chi connectivity index (χ2n) is 5.13. The van der Waals surface area contributed by atoms with Crippen molar-refractivity contribution in [2.75, 3.05) is 0 Å². The van der Waals surface area contributed by atoms with E-state index in [-0.39, 0.29) is 0 Å². The van der Waals surface area contributed by atoms with Gasteiger partial charge in [-0.05, 0) is 29.8 Å². The van der Waals surface area contributed by atoms with E-state index in [2.05, 4.69) is 20.2 Å². The zero-order valence-electron chi connectivity index (χ0n) is 12.3. The van der Waals surface area contributed by atoms with E-state index in [4.69, 9.17) is 4.74 Å². The number of nitrogens with zero attached hydrogens (tertiary/aromatic N) is 3. The van der Waals surface area contributed by atoms with Gasteiger partial charge in [0.25, 0.3) is 0 Å². The topological polar surface area (TPSA) is 63.7 Å². The minimum Gasteiger partial charge on any atom is -0.487 e. The van der Waals surface area contributed by atoms with E-state index in [1.165, 1.54) is 0 Å². The van der Waals surface area contributed by atoms with Crippen molar-refractivity contribution in [3.8, 4) is 17.1 Å². The molecule has 0 amide bonds. The molecule has 0 spiro atoms. The summed E-state index contributed by atoms with van der Waals surface area (Å²) in [6, 6.07) is 17.6. The van der Waals surface area contributed by atoms with Gasteiger partial charge in [0.1, 0.15) is 23.6 Å². The van der Waals surface area contributed by atoms with Crippen LogP contribution in [0.25, 0.3) is 22.4 Å². The van der Waals surface area contributed by atoms with Crippen molar-refractivity contribution in [2.24, 2.45) is 0 Å². The summed E-state index contributed by atoms with van der Waals surface area (Å²) in [5, 5.41) is 7.26. The van der Waals surface area contributed by atoms with E-state index in [1.807, 2.05) is 54.6 Å². The van der Waals surface area contributed by atoms with Crippen LogP contribution in [0.4, 0.5) is 0 Å². The van der Waals surface area contributed by atoms with Crippen LogP contribution >= 0.6 is 0 Å². The van der Waals surface area contributed by atoms with Crippen LogP contribution in [-0.4, -0.2) is 20.2 Å². The maximum atomic E-state index is 5.75. The van der Waals surface area contributed by atoms with Crippen molar-refractivity contribution < 1.29 is 4.74 Å². The van der Waals surface area contributed by atoms with E-state index in [0.29, 0.717) is 6.61 Å². The van der Waals surface area contributed by atoms with Crippen LogP contribution < -0.4 is 4.74 Å². The Balaban J connectivity index is 1.54. The Labute approximate surface area is 133 Å². The van der Waals surface area contributed by atoms with Crippen molar-refractivity contribution in [1.82, 2.24) is 20.2 Å². The third-order valence-electron chi connectivity index (χ3n) is 3.55. The summed E-state index contributed by atoms with van der Waals surface area (Å²) < 4.78 is 5.75. The fourth-order valence-electron chi connectivity index (χ4n) is 2.38. The molecule has 0 bridgehead atoms. The average molecular weight is 302 g/mol. The van der Waals surface area contributed by atoms with Crippen LogP contribution in [0.15, 0.2) is 67.0 Å². The molecule has 4 aromatic rings. The van der Waals surface area contributed by atoms with Gasteiger partial charge in [-0.25, -0.2) is 0 Å². The van der Waals surface area contributed by atoms with Crippen molar-refractivity contribution in [2.45, 2.75) is 6.61 Å². The molecule has 3 heterocycles. The van der Waals surface area contributed by atoms with Gasteiger partial charge >= 0.3 is 0 Å². The Kier molecular flexibility index (Phi) is 3.44. The molecule has 3 aromatic heterocycles. The largest absolute Gasteiger partial charge is 0.487 e. The summed E-state index contributed by atoms with van der Waals surface area (Å²) >= 11 is 0. The molecule has 1 aromatic carbocycles. The van der Waals surface area contributed by atoms with Crippen LogP contribution in [0, 0.1) is 0 Å². The molecule has 0 aliphatic heterocycles. The lowest BCUT2D eigenvalue weighted by molar-refractivity contribution is 0.305. The number of benzene rings is 1. The van der Waals surface area contributed by atoms with Gasteiger partial charge in [0.15, 0.2) is 0 Å². The molecular weight excluding hydrogens is 288 g/mol. The fourth-order valence-corrected chi connectivity index (χ4v) is 2.38. The van der Waals surface area contributed by atoms with Crippen molar-refractivity contribution in [1.29, 1.82) is 0 Å². The zero-order chi connectivity index (χ0) is 15.5. The lowest BCUT2D eigenvalue weighted by Crippen LogP contribution is -1.95. The van der Waals surface area contributed by atoms with Gasteiger partial charge in [0.2, 0.25) is 0 Å². The maximum Gasteiger partial charge on any atom is 0.138 e. The number of nitrogens with one attached hydrogen (secondary N) is 1. The quantitative estimate of drug-likeness (QED) is 0.625. The third kappa shape index (κ3) is 2.76. The standard InChI is InChI=1S/C18H14N4O/c1-2-5-13(6-3-1)12-23-14-8-9-15(20-11-14)18-17-16(21-22-18)7-4-10-19-17/h1-11H,12H2,(H,21,22). The molecule has 0 aliphatic rings. The van der Waals surface area contributed by atoms with Gasteiger partial charge in [-0.3, -0.25) is 15.1 Å². The molecule has 5 heteroatoms. The number of rotatable bonds is 4. The number of aromatic nitrogens is 4. The zero-order valence-corrected chi connectivity index (χ0v) is 12.3. The molecular formula is C18H14N4O. The highest BCUT2D eigenvalue weighted by molar-refractivity contribution is 5.88. The predicted octanol–water partition coefficient (Wildman–Crippen LogP) is 3.60. The highest BCUT2D eigenvalue weighted by atomic mass is 16.5. The second-order valence-corrected chi connectivity index (χ2v) is 5.13. The SMILES string of the molecule is c1ccc(COc2ccc(-c3n[nH]c4cccnc34)nc2)cc1. The monoisotopic (exact) mass is 302 g/mol. The van der Waals surface area contributed by atoms with Crippen LogP contribution in [0.1, 0.15) is 5.56 Å². The summed E-state index contributed by atoms with van der Waals surface area (Å²) in [5.74, 6) is 0.727. The van der Waals surface area contributed by atoms with E-state index >= 15 is 0 Å². The van der Waals surface area contributed by atoms with Crippen molar-refractivity contribution in [3.05, 3.63) is 72.6 Å². The van der Waals surface area contributed by atoms with Gasteiger partial charge in [0, 0.05) is 6.20 Å². The van der Waals surface area contributed by atoms with Gasteiger partial charge in [-0.1, -0.05) is 30.3 Å². The third-order valence-corrected chi connectivity index (χ3v) is 3.55. The van der Waals surface area contributed by atoms with Gasteiger partial charge in [0.05, 0.1) is 17.4 Å². The highest BCUT2D eigenvalue weighted by Crippen LogP contribution is 2.24. The Hall–Kier alpha value is -3.21. The Bertz CT molecular complexity index is 917. The molecule has 0 radical (unpaired) electrons. The number of ether oxygens (including phenoxy) is 1. The number of H-pyrrole nitrogens is 1. The second kappa shape index (κ2) is 5.88. The first-order valence-corrected chi connectivity index (χ1v) is 7.32. The molecule has 0 unspecified atom stereocenters. The number of hydrogen-bond donors (Lipinski definition) is 1. The minimum atomic E-state index is 0.523. The lowest BCUT2D eigenvalue weighted by atomic mass is 10.2. The molecule has 5 nitrogen and oxygen atoms in total. The van der Waals surface area contributed by atoms with Gasteiger partial charge in [-0.2, -0.15) is 5.10 Å². The van der Waals surface area contributed by atoms with E-state index in [1.54, 1.807) is 12.4 Å². The summed E-state index contributed by atoms with van der Waals surface area (Å²) in [4.78, 5) is 8.79. The van der Waals surface area contributed by atoms with Crippen molar-refractivity contribution in [3.63, 3.8) is 0 Å². The van der Waals surface area contributed by atoms with Gasteiger partial charge in [-0.15, -0.1) is 0 Å².